The van der Waals surface area contributed by atoms with Crippen LogP contribution in [0, 0.1) is 18.8 Å². The third kappa shape index (κ3) is 3.06. The van der Waals surface area contributed by atoms with Crippen LogP contribution < -0.4 is 15.4 Å². The highest BCUT2D eigenvalue weighted by Crippen LogP contribution is 2.46. The molecule has 1 aliphatic heterocycles. The molecule has 0 bridgehead atoms. The molecule has 0 radical (unpaired) electrons. The van der Waals surface area contributed by atoms with Crippen molar-refractivity contribution in [3.8, 4) is 11.8 Å². The lowest BCUT2D eigenvalue weighted by Crippen LogP contribution is -2.29. The number of H-pyrrole nitrogens is 1. The third-order valence-corrected chi connectivity index (χ3v) is 5.99. The van der Waals surface area contributed by atoms with E-state index in [1.807, 2.05) is 6.92 Å². The van der Waals surface area contributed by atoms with Crippen LogP contribution in [0.15, 0.2) is 24.0 Å². The van der Waals surface area contributed by atoms with Crippen molar-refractivity contribution in [3.05, 3.63) is 40.8 Å². The summed E-state index contributed by atoms with van der Waals surface area (Å²) in [5, 5.41) is 10.1. The van der Waals surface area contributed by atoms with Gasteiger partial charge in [-0.1, -0.05) is 11.6 Å². The standard InChI is InChI=1S/C20H19ClN6O3/c1-9-14(2-3-21)24-17-15(9)18(27-7-12-13(8-27)16(12)22)26-20(25-17)30-11-4-10(19(28)29)5-23-6-11/h2-6,12-13,16H,7-8,22H2,1H3,(H,28,29)(H,24,25,26)/b3-2+. The van der Waals surface area contributed by atoms with Gasteiger partial charge in [0.15, 0.2) is 0 Å². The number of rotatable bonds is 5. The zero-order chi connectivity index (χ0) is 21.0. The first kappa shape index (κ1) is 18.8. The maximum absolute atomic E-state index is 11.2. The summed E-state index contributed by atoms with van der Waals surface area (Å²) in [6.07, 6.45) is 4.44. The van der Waals surface area contributed by atoms with Crippen LogP contribution >= 0.6 is 11.6 Å². The van der Waals surface area contributed by atoms with Gasteiger partial charge in [0.05, 0.1) is 17.1 Å². The zero-order valence-electron chi connectivity index (χ0n) is 16.0. The van der Waals surface area contributed by atoms with E-state index in [0.29, 0.717) is 17.5 Å². The quantitative estimate of drug-likeness (QED) is 0.567. The second-order valence-corrected chi connectivity index (χ2v) is 7.89. The normalized spacial score (nSPS) is 22.6. The highest BCUT2D eigenvalue weighted by Gasteiger charge is 2.54. The van der Waals surface area contributed by atoms with Gasteiger partial charge in [0.25, 0.3) is 0 Å². The van der Waals surface area contributed by atoms with Crippen molar-refractivity contribution in [2.24, 2.45) is 17.6 Å². The minimum Gasteiger partial charge on any atom is -0.478 e. The number of aromatic nitrogens is 4. The van der Waals surface area contributed by atoms with Gasteiger partial charge >= 0.3 is 12.0 Å². The summed E-state index contributed by atoms with van der Waals surface area (Å²) in [5.74, 6) is 0.889. The number of ether oxygens (including phenoxy) is 1. The Morgan fingerprint density at radius 2 is 2.13 bits per heavy atom. The number of aryl methyl sites for hydroxylation is 1. The number of nitrogens with one attached hydrogen (secondary N) is 1. The molecule has 2 aliphatic rings. The van der Waals surface area contributed by atoms with Crippen LogP contribution in [0.3, 0.4) is 0 Å². The number of pyridine rings is 1. The number of carbonyl (C=O) groups is 1. The molecule has 0 spiro atoms. The van der Waals surface area contributed by atoms with Crippen molar-refractivity contribution in [2.75, 3.05) is 18.0 Å². The number of hydrogen-bond acceptors (Lipinski definition) is 7. The Bertz CT molecular complexity index is 1180. The number of carboxylic acids is 1. The second kappa shape index (κ2) is 6.96. The molecule has 5 rings (SSSR count). The third-order valence-electron chi connectivity index (χ3n) is 5.86. The van der Waals surface area contributed by atoms with Crippen molar-refractivity contribution >= 4 is 40.5 Å². The van der Waals surface area contributed by atoms with Crippen molar-refractivity contribution < 1.29 is 14.6 Å². The molecule has 4 N–H and O–H groups in total. The largest absolute Gasteiger partial charge is 0.478 e. The monoisotopic (exact) mass is 426 g/mol. The molecule has 4 heterocycles. The van der Waals surface area contributed by atoms with Crippen molar-refractivity contribution in [1.82, 2.24) is 19.9 Å². The molecule has 2 fully saturated rings. The van der Waals surface area contributed by atoms with Crippen LogP contribution in [-0.2, 0) is 0 Å². The molecule has 1 aliphatic carbocycles. The second-order valence-electron chi connectivity index (χ2n) is 7.64. The molecule has 2 unspecified atom stereocenters. The first-order chi connectivity index (χ1) is 14.5. The first-order valence-electron chi connectivity index (χ1n) is 9.50. The summed E-state index contributed by atoms with van der Waals surface area (Å²) < 4.78 is 5.78. The summed E-state index contributed by atoms with van der Waals surface area (Å²) in [7, 11) is 0. The highest BCUT2D eigenvalue weighted by atomic mass is 35.5. The molecule has 30 heavy (non-hydrogen) atoms. The molecule has 1 saturated heterocycles. The van der Waals surface area contributed by atoms with E-state index in [0.717, 1.165) is 35.6 Å². The Labute approximate surface area is 176 Å². The fourth-order valence-corrected chi connectivity index (χ4v) is 4.29. The smallest absolute Gasteiger partial charge is 0.337 e. The van der Waals surface area contributed by atoms with Gasteiger partial charge in [0.1, 0.15) is 17.2 Å². The average Bonchev–Trinajstić information content (AvgIpc) is 3.07. The number of aromatic carboxylic acids is 1. The van der Waals surface area contributed by atoms with Crippen LogP contribution in [-0.4, -0.2) is 50.1 Å². The number of nitrogens with two attached hydrogens (primary N) is 1. The Balaban J connectivity index is 1.57. The maximum atomic E-state index is 11.2. The van der Waals surface area contributed by atoms with E-state index in [1.165, 1.54) is 24.0 Å². The molecule has 1 saturated carbocycles. The van der Waals surface area contributed by atoms with Crippen LogP contribution in [0.25, 0.3) is 17.1 Å². The van der Waals surface area contributed by atoms with Gasteiger partial charge in [-0.2, -0.15) is 9.97 Å². The van der Waals surface area contributed by atoms with E-state index >= 15 is 0 Å². The van der Waals surface area contributed by atoms with Gasteiger partial charge in [0, 0.05) is 36.6 Å². The Kier molecular flexibility index (Phi) is 4.37. The van der Waals surface area contributed by atoms with Gasteiger partial charge in [-0.3, -0.25) is 4.98 Å². The molecule has 154 valence electrons. The maximum Gasteiger partial charge on any atom is 0.337 e. The lowest BCUT2D eigenvalue weighted by Gasteiger charge is -2.21. The molecular formula is C20H19ClN6O3. The van der Waals surface area contributed by atoms with E-state index < -0.39 is 5.97 Å². The van der Waals surface area contributed by atoms with E-state index in [-0.39, 0.29) is 23.4 Å². The SMILES string of the molecule is Cc1c(/C=C/Cl)[nH]c2nc(Oc3cncc(C(=O)O)c3)nc(N3CC4C(N)C4C3)c12. The summed E-state index contributed by atoms with van der Waals surface area (Å²) >= 11 is 5.78. The average molecular weight is 427 g/mol. The minimum atomic E-state index is -1.09. The van der Waals surface area contributed by atoms with Crippen molar-refractivity contribution in [2.45, 2.75) is 13.0 Å². The van der Waals surface area contributed by atoms with E-state index in [1.54, 1.807) is 6.08 Å². The Hall–Kier alpha value is -3.17. The molecule has 9 nitrogen and oxygen atoms in total. The summed E-state index contributed by atoms with van der Waals surface area (Å²) in [6, 6.07) is 1.75. The number of piperidine rings is 1. The molecule has 3 aromatic rings. The number of aromatic amines is 1. The van der Waals surface area contributed by atoms with Gasteiger partial charge in [-0.15, -0.1) is 0 Å². The van der Waals surface area contributed by atoms with E-state index in [2.05, 4.69) is 24.8 Å². The van der Waals surface area contributed by atoms with Crippen LogP contribution in [0.2, 0.25) is 0 Å². The fraction of sp³-hybridized carbons (Fsp3) is 0.300. The molecule has 0 aromatic carbocycles. The van der Waals surface area contributed by atoms with Crippen molar-refractivity contribution in [1.29, 1.82) is 0 Å². The number of halogens is 1. The number of fused-ring (bicyclic) bond motifs is 2. The van der Waals surface area contributed by atoms with E-state index in [4.69, 9.17) is 22.1 Å². The van der Waals surface area contributed by atoms with E-state index in [9.17, 15) is 9.90 Å². The van der Waals surface area contributed by atoms with Gasteiger partial charge in [-0.05, 0) is 36.5 Å². The number of nitrogens with zero attached hydrogens (tertiary/aromatic N) is 4. The predicted octanol–water partition coefficient (Wildman–Crippen LogP) is 2.75. The van der Waals surface area contributed by atoms with Crippen LogP contribution in [0.4, 0.5) is 5.82 Å². The molecular weight excluding hydrogens is 408 g/mol. The fourth-order valence-electron chi connectivity index (χ4n) is 4.17. The Morgan fingerprint density at radius 3 is 2.83 bits per heavy atom. The molecule has 3 aromatic heterocycles. The van der Waals surface area contributed by atoms with Crippen LogP contribution in [0.1, 0.15) is 21.6 Å². The zero-order valence-corrected chi connectivity index (χ0v) is 16.8. The lowest BCUT2D eigenvalue weighted by molar-refractivity contribution is 0.0696. The predicted molar refractivity (Wildman–Crippen MR) is 112 cm³/mol. The summed E-state index contributed by atoms with van der Waals surface area (Å²) in [5.41, 5.74) is 10.0. The molecule has 0 amide bonds. The molecule has 2 atom stereocenters. The molecule has 10 heteroatoms. The topological polar surface area (TPSA) is 130 Å². The number of hydrogen-bond donors (Lipinski definition) is 3. The van der Waals surface area contributed by atoms with Gasteiger partial charge in [0.2, 0.25) is 0 Å². The number of anilines is 1. The highest BCUT2D eigenvalue weighted by molar-refractivity contribution is 6.27. The van der Waals surface area contributed by atoms with Gasteiger partial charge < -0.3 is 25.5 Å². The lowest BCUT2D eigenvalue weighted by atomic mass is 10.2. The summed E-state index contributed by atoms with van der Waals surface area (Å²) in [6.45, 7) is 3.65. The minimum absolute atomic E-state index is 0.0210. The number of carboxylic acid groups (broad SMARTS) is 1. The van der Waals surface area contributed by atoms with Crippen LogP contribution in [0.5, 0.6) is 11.8 Å². The Morgan fingerprint density at radius 1 is 1.37 bits per heavy atom. The van der Waals surface area contributed by atoms with Gasteiger partial charge in [-0.25, -0.2) is 4.79 Å². The summed E-state index contributed by atoms with van der Waals surface area (Å²) in [4.78, 5) is 29.7. The first-order valence-corrected chi connectivity index (χ1v) is 9.93. The van der Waals surface area contributed by atoms with Crippen molar-refractivity contribution in [3.63, 3.8) is 0 Å².